The standard InChI is InChI=1S/C9H8N2O4/c1-4-6(11(14)15)3-2-5-7(4)10-9(13)8(5)12/h2-3,8,12H,1H3,(H,10,13). The summed E-state index contributed by atoms with van der Waals surface area (Å²) in [5.74, 6) is -0.548. The van der Waals surface area contributed by atoms with E-state index in [2.05, 4.69) is 5.32 Å². The number of nitro groups is 1. The molecule has 0 aliphatic carbocycles. The van der Waals surface area contributed by atoms with Crippen LogP contribution in [0.2, 0.25) is 0 Å². The van der Waals surface area contributed by atoms with Crippen LogP contribution in [-0.4, -0.2) is 15.9 Å². The molecule has 0 bridgehead atoms. The van der Waals surface area contributed by atoms with Crippen molar-refractivity contribution in [1.82, 2.24) is 0 Å². The summed E-state index contributed by atoms with van der Waals surface area (Å²) >= 11 is 0. The van der Waals surface area contributed by atoms with Crippen LogP contribution in [0.15, 0.2) is 12.1 Å². The highest BCUT2D eigenvalue weighted by Gasteiger charge is 2.32. The van der Waals surface area contributed by atoms with Crippen LogP contribution in [-0.2, 0) is 4.79 Å². The Balaban J connectivity index is 2.62. The van der Waals surface area contributed by atoms with Gasteiger partial charge in [0.2, 0.25) is 0 Å². The minimum Gasteiger partial charge on any atom is -0.378 e. The van der Waals surface area contributed by atoms with E-state index in [4.69, 9.17) is 0 Å². The molecule has 78 valence electrons. The van der Waals surface area contributed by atoms with Crippen molar-refractivity contribution >= 4 is 17.3 Å². The van der Waals surface area contributed by atoms with Crippen molar-refractivity contribution in [2.45, 2.75) is 13.0 Å². The topological polar surface area (TPSA) is 92.5 Å². The van der Waals surface area contributed by atoms with Crippen LogP contribution in [0.25, 0.3) is 0 Å². The molecule has 2 N–H and O–H groups in total. The molecule has 1 amide bonds. The fourth-order valence-electron chi connectivity index (χ4n) is 1.65. The number of carbonyl (C=O) groups excluding carboxylic acids is 1. The van der Waals surface area contributed by atoms with Crippen LogP contribution >= 0.6 is 0 Å². The number of benzene rings is 1. The third kappa shape index (κ3) is 1.26. The number of anilines is 1. The van der Waals surface area contributed by atoms with Gasteiger partial charge in [-0.25, -0.2) is 0 Å². The summed E-state index contributed by atoms with van der Waals surface area (Å²) in [5.41, 5.74) is 1.04. The van der Waals surface area contributed by atoms with Crippen molar-refractivity contribution in [3.8, 4) is 0 Å². The summed E-state index contributed by atoms with van der Waals surface area (Å²) in [5, 5.41) is 22.5. The number of aliphatic hydroxyl groups excluding tert-OH is 1. The quantitative estimate of drug-likeness (QED) is 0.529. The third-order valence-electron chi connectivity index (χ3n) is 2.46. The first-order valence-corrected chi connectivity index (χ1v) is 4.29. The number of fused-ring (bicyclic) bond motifs is 1. The number of amides is 1. The van der Waals surface area contributed by atoms with E-state index in [-0.39, 0.29) is 5.69 Å². The number of hydrogen-bond acceptors (Lipinski definition) is 4. The Morgan fingerprint density at radius 1 is 1.53 bits per heavy atom. The first-order chi connectivity index (χ1) is 7.02. The lowest BCUT2D eigenvalue weighted by Crippen LogP contribution is -2.10. The van der Waals surface area contributed by atoms with Gasteiger partial charge < -0.3 is 10.4 Å². The maximum absolute atomic E-state index is 11.1. The molecule has 1 aliphatic rings. The second-order valence-electron chi connectivity index (χ2n) is 3.32. The molecular formula is C9H8N2O4. The van der Waals surface area contributed by atoms with Gasteiger partial charge in [-0.3, -0.25) is 14.9 Å². The van der Waals surface area contributed by atoms with E-state index in [0.29, 0.717) is 16.8 Å². The van der Waals surface area contributed by atoms with Gasteiger partial charge >= 0.3 is 0 Å². The van der Waals surface area contributed by atoms with Crippen LogP contribution in [0.1, 0.15) is 17.2 Å². The average molecular weight is 208 g/mol. The normalized spacial score (nSPS) is 18.5. The van der Waals surface area contributed by atoms with Crippen molar-refractivity contribution in [1.29, 1.82) is 0 Å². The van der Waals surface area contributed by atoms with Crippen LogP contribution in [0.5, 0.6) is 0 Å². The Morgan fingerprint density at radius 3 is 2.80 bits per heavy atom. The lowest BCUT2D eigenvalue weighted by Gasteiger charge is -2.04. The Kier molecular flexibility index (Phi) is 1.94. The molecule has 1 aromatic carbocycles. The zero-order valence-corrected chi connectivity index (χ0v) is 7.85. The molecule has 1 aliphatic heterocycles. The van der Waals surface area contributed by atoms with Gasteiger partial charge in [-0.2, -0.15) is 0 Å². The van der Waals surface area contributed by atoms with Crippen molar-refractivity contribution in [2.24, 2.45) is 0 Å². The average Bonchev–Trinajstić information content (AvgIpc) is 2.45. The number of nitrogens with zero attached hydrogens (tertiary/aromatic N) is 1. The molecule has 0 saturated carbocycles. The number of carbonyl (C=O) groups is 1. The van der Waals surface area contributed by atoms with E-state index in [9.17, 15) is 20.0 Å². The summed E-state index contributed by atoms with van der Waals surface area (Å²) in [6.07, 6.45) is -1.22. The molecule has 2 rings (SSSR count). The second-order valence-corrected chi connectivity index (χ2v) is 3.32. The Morgan fingerprint density at radius 2 is 2.20 bits per heavy atom. The Bertz CT molecular complexity index is 469. The summed E-state index contributed by atoms with van der Waals surface area (Å²) in [7, 11) is 0. The fourth-order valence-corrected chi connectivity index (χ4v) is 1.65. The van der Waals surface area contributed by atoms with Crippen molar-refractivity contribution in [2.75, 3.05) is 5.32 Å². The number of rotatable bonds is 1. The van der Waals surface area contributed by atoms with Crippen molar-refractivity contribution in [3.05, 3.63) is 33.4 Å². The second kappa shape index (κ2) is 3.03. The van der Waals surface area contributed by atoms with E-state index in [1.807, 2.05) is 0 Å². The summed E-state index contributed by atoms with van der Waals surface area (Å²) in [6.45, 7) is 1.54. The first-order valence-electron chi connectivity index (χ1n) is 4.29. The van der Waals surface area contributed by atoms with Crippen LogP contribution < -0.4 is 5.32 Å². The van der Waals surface area contributed by atoms with E-state index < -0.39 is 16.9 Å². The molecule has 1 unspecified atom stereocenters. The molecule has 15 heavy (non-hydrogen) atoms. The van der Waals surface area contributed by atoms with E-state index >= 15 is 0 Å². The molecule has 0 spiro atoms. The molecule has 6 nitrogen and oxygen atoms in total. The van der Waals surface area contributed by atoms with E-state index in [0.717, 1.165) is 0 Å². The molecule has 1 heterocycles. The van der Waals surface area contributed by atoms with Gasteiger partial charge in [0.15, 0.2) is 6.10 Å². The molecule has 0 aromatic heterocycles. The van der Waals surface area contributed by atoms with Crippen LogP contribution in [0.4, 0.5) is 11.4 Å². The lowest BCUT2D eigenvalue weighted by molar-refractivity contribution is -0.385. The largest absolute Gasteiger partial charge is 0.378 e. The monoisotopic (exact) mass is 208 g/mol. The van der Waals surface area contributed by atoms with Crippen molar-refractivity contribution < 1.29 is 14.8 Å². The lowest BCUT2D eigenvalue weighted by atomic mass is 10.1. The van der Waals surface area contributed by atoms with Gasteiger partial charge in [-0.15, -0.1) is 0 Å². The molecule has 1 aromatic rings. The number of hydrogen-bond donors (Lipinski definition) is 2. The molecule has 6 heteroatoms. The van der Waals surface area contributed by atoms with E-state index in [1.54, 1.807) is 0 Å². The molecule has 0 fully saturated rings. The molecule has 0 radical (unpaired) electrons. The highest BCUT2D eigenvalue weighted by atomic mass is 16.6. The highest BCUT2D eigenvalue weighted by Crippen LogP contribution is 2.37. The number of aliphatic hydroxyl groups is 1. The molecule has 1 atom stereocenters. The summed E-state index contributed by atoms with van der Waals surface area (Å²) in [6, 6.07) is 2.68. The Labute approximate surface area is 84.7 Å². The van der Waals surface area contributed by atoms with Gasteiger partial charge in [0, 0.05) is 11.6 Å². The van der Waals surface area contributed by atoms with Gasteiger partial charge in [0.1, 0.15) is 0 Å². The first kappa shape index (κ1) is 9.60. The summed E-state index contributed by atoms with van der Waals surface area (Å²) in [4.78, 5) is 21.2. The van der Waals surface area contributed by atoms with Gasteiger partial charge in [0.25, 0.3) is 11.6 Å². The Hall–Kier alpha value is -1.95. The van der Waals surface area contributed by atoms with Gasteiger partial charge in [-0.1, -0.05) is 0 Å². The maximum atomic E-state index is 11.1. The van der Waals surface area contributed by atoms with E-state index in [1.165, 1.54) is 19.1 Å². The van der Waals surface area contributed by atoms with Crippen LogP contribution in [0, 0.1) is 17.0 Å². The maximum Gasteiger partial charge on any atom is 0.274 e. The number of nitrogens with one attached hydrogen (secondary N) is 1. The highest BCUT2D eigenvalue weighted by molar-refractivity contribution is 6.03. The predicted octanol–water partition coefficient (Wildman–Crippen LogP) is 0.889. The molecule has 0 saturated heterocycles. The molecular weight excluding hydrogens is 200 g/mol. The van der Waals surface area contributed by atoms with Crippen molar-refractivity contribution in [3.63, 3.8) is 0 Å². The minimum absolute atomic E-state index is 0.0665. The zero-order chi connectivity index (χ0) is 11.2. The third-order valence-corrected chi connectivity index (χ3v) is 2.46. The minimum atomic E-state index is -1.22. The predicted molar refractivity (Wildman–Crippen MR) is 51.4 cm³/mol. The van der Waals surface area contributed by atoms with Gasteiger partial charge in [-0.05, 0) is 13.0 Å². The SMILES string of the molecule is Cc1c([N+](=O)[O-])ccc2c1NC(=O)C2O. The smallest absolute Gasteiger partial charge is 0.274 e. The number of nitro benzene ring substituents is 1. The summed E-state index contributed by atoms with van der Waals surface area (Å²) < 4.78 is 0. The fraction of sp³-hybridized carbons (Fsp3) is 0.222. The van der Waals surface area contributed by atoms with Crippen LogP contribution in [0.3, 0.4) is 0 Å². The zero-order valence-electron chi connectivity index (χ0n) is 7.85. The van der Waals surface area contributed by atoms with Gasteiger partial charge in [0.05, 0.1) is 16.2 Å².